The minimum absolute atomic E-state index is 0.101. The summed E-state index contributed by atoms with van der Waals surface area (Å²) in [6.07, 6.45) is 5.61. The molecule has 4 rings (SSSR count). The zero-order valence-electron chi connectivity index (χ0n) is 22.1. The van der Waals surface area contributed by atoms with Gasteiger partial charge in [0.1, 0.15) is 17.4 Å². The molecule has 1 aromatic carbocycles. The molecule has 0 radical (unpaired) electrons. The maximum atomic E-state index is 13.7. The SMILES string of the molecule is COc1ccc(-c2cnc3c(c2)C(=O)N([C@H](C)CO)C[C@H](C)[C@H](CN(C)C(=O)NC2CCCC2)O3)cc1. The smallest absolute Gasteiger partial charge is 0.317 e. The van der Waals surface area contributed by atoms with Crippen molar-refractivity contribution in [3.63, 3.8) is 0 Å². The minimum Gasteiger partial charge on any atom is -0.497 e. The lowest BCUT2D eigenvalue weighted by molar-refractivity contribution is 0.0351. The summed E-state index contributed by atoms with van der Waals surface area (Å²) in [6, 6.07) is 9.04. The summed E-state index contributed by atoms with van der Waals surface area (Å²) in [5.41, 5.74) is 2.00. The lowest BCUT2D eigenvalue weighted by Gasteiger charge is -2.37. The number of fused-ring (bicyclic) bond motifs is 1. The van der Waals surface area contributed by atoms with Crippen molar-refractivity contribution in [3.8, 4) is 22.8 Å². The van der Waals surface area contributed by atoms with E-state index in [0.29, 0.717) is 18.7 Å². The Morgan fingerprint density at radius 1 is 1.27 bits per heavy atom. The van der Waals surface area contributed by atoms with Gasteiger partial charge in [0.25, 0.3) is 5.91 Å². The Bertz CT molecular complexity index is 1090. The average molecular weight is 511 g/mol. The number of urea groups is 1. The molecule has 2 aliphatic rings. The van der Waals surface area contributed by atoms with Gasteiger partial charge in [-0.3, -0.25) is 4.79 Å². The lowest BCUT2D eigenvalue weighted by Crippen LogP contribution is -2.52. The predicted octanol–water partition coefficient (Wildman–Crippen LogP) is 3.56. The van der Waals surface area contributed by atoms with Crippen LogP contribution in [0.2, 0.25) is 0 Å². The van der Waals surface area contributed by atoms with E-state index >= 15 is 0 Å². The summed E-state index contributed by atoms with van der Waals surface area (Å²) < 4.78 is 11.6. The van der Waals surface area contributed by atoms with E-state index < -0.39 is 0 Å². The fourth-order valence-electron chi connectivity index (χ4n) is 4.97. The van der Waals surface area contributed by atoms with E-state index in [1.807, 2.05) is 38.1 Å². The Balaban J connectivity index is 1.62. The molecule has 1 aromatic heterocycles. The number of amides is 3. The van der Waals surface area contributed by atoms with Gasteiger partial charge in [0.05, 0.1) is 26.3 Å². The first-order valence-corrected chi connectivity index (χ1v) is 13.0. The van der Waals surface area contributed by atoms with Crippen LogP contribution in [0.15, 0.2) is 36.5 Å². The Morgan fingerprint density at radius 3 is 2.62 bits per heavy atom. The number of aliphatic hydroxyl groups excluding tert-OH is 1. The van der Waals surface area contributed by atoms with Crippen molar-refractivity contribution in [2.75, 3.05) is 33.9 Å². The summed E-state index contributed by atoms with van der Waals surface area (Å²) in [4.78, 5) is 34.4. The fourth-order valence-corrected chi connectivity index (χ4v) is 4.97. The third-order valence-electron chi connectivity index (χ3n) is 7.43. The maximum absolute atomic E-state index is 13.7. The van der Waals surface area contributed by atoms with Gasteiger partial charge in [-0.25, -0.2) is 9.78 Å². The molecule has 0 saturated heterocycles. The van der Waals surface area contributed by atoms with Crippen LogP contribution in [-0.4, -0.2) is 83.9 Å². The lowest BCUT2D eigenvalue weighted by atomic mass is 9.99. The van der Waals surface area contributed by atoms with Gasteiger partial charge in [-0.15, -0.1) is 0 Å². The van der Waals surface area contributed by atoms with Gasteiger partial charge in [0.15, 0.2) is 0 Å². The largest absolute Gasteiger partial charge is 0.497 e. The molecule has 0 spiro atoms. The van der Waals surface area contributed by atoms with Crippen molar-refractivity contribution in [3.05, 3.63) is 42.1 Å². The van der Waals surface area contributed by atoms with E-state index in [1.54, 1.807) is 36.2 Å². The number of aliphatic hydroxyl groups is 1. The molecule has 200 valence electrons. The molecule has 37 heavy (non-hydrogen) atoms. The first-order chi connectivity index (χ1) is 17.8. The number of likely N-dealkylation sites (N-methyl/N-ethyl adjacent to an activating group) is 1. The number of nitrogens with zero attached hydrogens (tertiary/aromatic N) is 3. The third kappa shape index (κ3) is 6.15. The normalized spacial score (nSPS) is 20.9. The van der Waals surface area contributed by atoms with Crippen molar-refractivity contribution < 1.29 is 24.2 Å². The monoisotopic (exact) mass is 510 g/mol. The highest BCUT2D eigenvalue weighted by Gasteiger charge is 2.35. The van der Waals surface area contributed by atoms with Crippen LogP contribution in [0.25, 0.3) is 11.1 Å². The first-order valence-electron chi connectivity index (χ1n) is 13.0. The van der Waals surface area contributed by atoms with Crippen LogP contribution in [0.3, 0.4) is 0 Å². The second-order valence-corrected chi connectivity index (χ2v) is 10.2. The highest BCUT2D eigenvalue weighted by Crippen LogP contribution is 2.31. The standard InChI is InChI=1S/C28H38N4O5/c1-18-15-32(19(2)17-33)27(34)24-13-21(20-9-11-23(36-4)12-10-20)14-29-26(24)37-25(18)16-31(3)28(35)30-22-7-5-6-8-22/h9-14,18-19,22,25,33H,5-8,15-17H2,1-4H3,(H,30,35)/t18-,19+,25-/m0/s1. The summed E-state index contributed by atoms with van der Waals surface area (Å²) in [5.74, 6) is 0.634. The summed E-state index contributed by atoms with van der Waals surface area (Å²) in [7, 11) is 3.38. The van der Waals surface area contributed by atoms with Crippen molar-refractivity contribution >= 4 is 11.9 Å². The molecule has 2 heterocycles. The molecule has 2 aromatic rings. The van der Waals surface area contributed by atoms with Crippen LogP contribution < -0.4 is 14.8 Å². The van der Waals surface area contributed by atoms with Crippen LogP contribution in [0.4, 0.5) is 4.79 Å². The number of hydrogen-bond acceptors (Lipinski definition) is 6. The molecule has 1 aliphatic heterocycles. The van der Waals surface area contributed by atoms with Gasteiger partial charge in [-0.1, -0.05) is 31.9 Å². The van der Waals surface area contributed by atoms with E-state index in [-0.39, 0.29) is 48.5 Å². The number of carbonyl (C=O) groups is 2. The Kier molecular flexibility index (Phi) is 8.53. The number of carbonyl (C=O) groups excluding carboxylic acids is 2. The van der Waals surface area contributed by atoms with Crippen molar-refractivity contribution in [1.82, 2.24) is 20.1 Å². The molecule has 1 aliphatic carbocycles. The quantitative estimate of drug-likeness (QED) is 0.590. The van der Waals surface area contributed by atoms with Crippen molar-refractivity contribution in [1.29, 1.82) is 0 Å². The van der Waals surface area contributed by atoms with Gasteiger partial charge in [-0.05, 0) is 43.5 Å². The number of hydrogen-bond donors (Lipinski definition) is 2. The molecule has 0 bridgehead atoms. The summed E-state index contributed by atoms with van der Waals surface area (Å²) in [6.45, 7) is 4.39. The van der Waals surface area contributed by atoms with E-state index in [9.17, 15) is 14.7 Å². The number of pyridine rings is 1. The molecule has 0 unspecified atom stereocenters. The van der Waals surface area contributed by atoms with Gasteiger partial charge in [-0.2, -0.15) is 0 Å². The van der Waals surface area contributed by atoms with E-state index in [4.69, 9.17) is 9.47 Å². The highest BCUT2D eigenvalue weighted by atomic mass is 16.5. The van der Waals surface area contributed by atoms with Crippen LogP contribution in [0.1, 0.15) is 49.9 Å². The number of rotatable bonds is 7. The molecule has 1 fully saturated rings. The topological polar surface area (TPSA) is 104 Å². The number of benzene rings is 1. The van der Waals surface area contributed by atoms with Crippen molar-refractivity contribution in [2.24, 2.45) is 5.92 Å². The molecule has 1 saturated carbocycles. The van der Waals surface area contributed by atoms with Crippen LogP contribution in [-0.2, 0) is 0 Å². The minimum atomic E-state index is -0.390. The van der Waals surface area contributed by atoms with Gasteiger partial charge in [0.2, 0.25) is 5.88 Å². The Morgan fingerprint density at radius 2 is 1.97 bits per heavy atom. The zero-order chi connectivity index (χ0) is 26.5. The van der Waals surface area contributed by atoms with E-state index in [2.05, 4.69) is 10.3 Å². The first kappa shape index (κ1) is 26.7. The molecular formula is C28H38N4O5. The molecule has 9 nitrogen and oxygen atoms in total. The zero-order valence-corrected chi connectivity index (χ0v) is 22.1. The summed E-state index contributed by atoms with van der Waals surface area (Å²) in [5, 5.41) is 13.0. The van der Waals surface area contributed by atoms with Crippen LogP contribution in [0, 0.1) is 5.92 Å². The molecule has 3 atom stereocenters. The van der Waals surface area contributed by atoms with E-state index in [1.165, 1.54) is 0 Å². The number of ether oxygens (including phenoxy) is 2. The second-order valence-electron chi connectivity index (χ2n) is 10.2. The Hall–Kier alpha value is -3.33. The highest BCUT2D eigenvalue weighted by molar-refractivity contribution is 5.98. The fraction of sp³-hybridized carbons (Fsp3) is 0.536. The van der Waals surface area contributed by atoms with Gasteiger partial charge >= 0.3 is 6.03 Å². The van der Waals surface area contributed by atoms with E-state index in [0.717, 1.165) is 42.6 Å². The van der Waals surface area contributed by atoms with Crippen molar-refractivity contribution in [2.45, 2.75) is 57.7 Å². The second kappa shape index (κ2) is 11.8. The molecule has 3 amide bonds. The number of aromatic nitrogens is 1. The molecule has 2 N–H and O–H groups in total. The maximum Gasteiger partial charge on any atom is 0.317 e. The molecule has 9 heteroatoms. The average Bonchev–Trinajstić information content (AvgIpc) is 3.43. The van der Waals surface area contributed by atoms with Crippen LogP contribution in [0.5, 0.6) is 11.6 Å². The number of nitrogens with one attached hydrogen (secondary N) is 1. The summed E-state index contributed by atoms with van der Waals surface area (Å²) >= 11 is 0. The third-order valence-corrected chi connectivity index (χ3v) is 7.43. The predicted molar refractivity (Wildman–Crippen MR) is 141 cm³/mol. The van der Waals surface area contributed by atoms with Gasteiger partial charge in [0, 0.05) is 37.3 Å². The molecular weight excluding hydrogens is 472 g/mol. The number of methoxy groups -OCH3 is 1. The Labute approximate surface area is 218 Å². The van der Waals surface area contributed by atoms with Crippen LogP contribution >= 0.6 is 0 Å². The van der Waals surface area contributed by atoms with Gasteiger partial charge < -0.3 is 29.7 Å².